The monoisotopic (exact) mass is 596 g/mol. The van der Waals surface area contributed by atoms with Crippen LogP contribution in [0.5, 0.6) is 5.75 Å². The zero-order chi connectivity index (χ0) is 30.9. The average molecular weight is 597 g/mol. The van der Waals surface area contributed by atoms with Crippen molar-refractivity contribution in [1.29, 1.82) is 0 Å². The van der Waals surface area contributed by atoms with Gasteiger partial charge in [0.25, 0.3) is 5.91 Å². The van der Waals surface area contributed by atoms with E-state index in [1.165, 1.54) is 24.5 Å². The number of nitrogens with zero attached hydrogens (tertiary/aromatic N) is 3. The number of carbonyl (C=O) groups is 2. The maximum atomic E-state index is 15.0. The average Bonchev–Trinajstić information content (AvgIpc) is 3.44. The highest BCUT2D eigenvalue weighted by atomic mass is 19.2. The van der Waals surface area contributed by atoms with Gasteiger partial charge in [-0.2, -0.15) is 4.39 Å². The Kier molecular flexibility index (Phi) is 10.5. The van der Waals surface area contributed by atoms with Gasteiger partial charge in [0.2, 0.25) is 11.7 Å². The number of anilines is 2. The molecule has 2 heterocycles. The number of ether oxygens (including phenoxy) is 1. The van der Waals surface area contributed by atoms with Crippen LogP contribution in [0.2, 0.25) is 0 Å². The summed E-state index contributed by atoms with van der Waals surface area (Å²) in [6.45, 7) is 2.35. The summed E-state index contributed by atoms with van der Waals surface area (Å²) < 4.78 is 36.4. The van der Waals surface area contributed by atoms with Crippen molar-refractivity contribution >= 4 is 29.0 Å². The van der Waals surface area contributed by atoms with Gasteiger partial charge >= 0.3 is 0 Å². The largest absolute Gasteiger partial charge is 0.475 e. The second-order valence-electron chi connectivity index (χ2n) is 9.54. The summed E-state index contributed by atoms with van der Waals surface area (Å²) in [5.74, 6) is -2.64. The summed E-state index contributed by atoms with van der Waals surface area (Å²) in [5, 5.41) is 20.7. The SMILES string of the molecule is CCc1cc(Nc2nccn3c(-c4ccc(OCNC)c(F)c4F)cnc23)ccc1C(=O)NCCNC(=O)CC(O)CN. The molecule has 2 aromatic heterocycles. The fourth-order valence-corrected chi connectivity index (χ4v) is 4.36. The van der Waals surface area contributed by atoms with Crippen molar-refractivity contribution in [2.75, 3.05) is 38.7 Å². The van der Waals surface area contributed by atoms with Crippen LogP contribution in [0.4, 0.5) is 20.3 Å². The Balaban J connectivity index is 1.47. The van der Waals surface area contributed by atoms with Crippen molar-refractivity contribution in [2.45, 2.75) is 25.9 Å². The molecule has 0 radical (unpaired) electrons. The number of aryl methyl sites for hydroxylation is 1. The van der Waals surface area contributed by atoms with Crippen LogP contribution in [0.3, 0.4) is 0 Å². The maximum Gasteiger partial charge on any atom is 0.251 e. The van der Waals surface area contributed by atoms with E-state index >= 15 is 0 Å². The zero-order valence-electron chi connectivity index (χ0n) is 23.8. The second-order valence-corrected chi connectivity index (χ2v) is 9.54. The molecule has 12 nitrogen and oxygen atoms in total. The summed E-state index contributed by atoms with van der Waals surface area (Å²) >= 11 is 0. The summed E-state index contributed by atoms with van der Waals surface area (Å²) in [6, 6.07) is 8.01. The van der Waals surface area contributed by atoms with E-state index in [2.05, 4.69) is 31.2 Å². The number of benzene rings is 2. The predicted octanol–water partition coefficient (Wildman–Crippen LogP) is 2.09. The molecule has 0 fully saturated rings. The Hall–Kier alpha value is -4.66. The van der Waals surface area contributed by atoms with Crippen molar-refractivity contribution in [3.8, 4) is 17.0 Å². The first-order valence-corrected chi connectivity index (χ1v) is 13.7. The topological polar surface area (TPSA) is 168 Å². The number of hydrogen-bond donors (Lipinski definition) is 6. The van der Waals surface area contributed by atoms with Gasteiger partial charge in [-0.1, -0.05) is 6.92 Å². The number of aliphatic hydroxyl groups excluding tert-OH is 1. The third-order valence-electron chi connectivity index (χ3n) is 6.54. The van der Waals surface area contributed by atoms with Crippen LogP contribution in [-0.2, 0) is 11.2 Å². The van der Waals surface area contributed by atoms with E-state index < -0.39 is 17.7 Å². The summed E-state index contributed by atoms with van der Waals surface area (Å²) in [5.41, 5.74) is 7.92. The fourth-order valence-electron chi connectivity index (χ4n) is 4.36. The van der Waals surface area contributed by atoms with Gasteiger partial charge in [-0.3, -0.25) is 19.3 Å². The minimum absolute atomic E-state index is 0.00738. The normalized spacial score (nSPS) is 11.8. The van der Waals surface area contributed by atoms with Crippen molar-refractivity contribution in [1.82, 2.24) is 30.3 Å². The number of halogens is 2. The van der Waals surface area contributed by atoms with Crippen LogP contribution in [0.1, 0.15) is 29.3 Å². The molecule has 7 N–H and O–H groups in total. The van der Waals surface area contributed by atoms with Gasteiger partial charge in [-0.25, -0.2) is 14.4 Å². The Morgan fingerprint density at radius 2 is 1.91 bits per heavy atom. The Morgan fingerprint density at radius 3 is 2.65 bits per heavy atom. The molecule has 14 heteroatoms. The molecule has 2 amide bonds. The molecule has 0 saturated carbocycles. The number of nitrogens with two attached hydrogens (primary N) is 1. The van der Waals surface area contributed by atoms with Crippen molar-refractivity contribution in [3.63, 3.8) is 0 Å². The van der Waals surface area contributed by atoms with Crippen LogP contribution in [0, 0.1) is 11.6 Å². The van der Waals surface area contributed by atoms with E-state index in [1.807, 2.05) is 13.0 Å². The highest BCUT2D eigenvalue weighted by Crippen LogP contribution is 2.31. The first-order chi connectivity index (χ1) is 20.8. The molecule has 0 saturated heterocycles. The van der Waals surface area contributed by atoms with E-state index in [0.717, 1.165) is 5.56 Å². The van der Waals surface area contributed by atoms with Gasteiger partial charge in [0, 0.05) is 48.8 Å². The molecule has 4 rings (SSSR count). The number of fused-ring (bicyclic) bond motifs is 1. The zero-order valence-corrected chi connectivity index (χ0v) is 23.8. The molecule has 0 spiro atoms. The number of amides is 2. The van der Waals surface area contributed by atoms with E-state index in [-0.39, 0.29) is 55.9 Å². The van der Waals surface area contributed by atoms with Crippen molar-refractivity contribution in [2.24, 2.45) is 5.73 Å². The van der Waals surface area contributed by atoms with Gasteiger partial charge in [0.05, 0.1) is 24.4 Å². The molecule has 1 unspecified atom stereocenters. The third-order valence-corrected chi connectivity index (χ3v) is 6.54. The molecule has 1 atom stereocenters. The fraction of sp³-hybridized carbons (Fsp3) is 0.310. The van der Waals surface area contributed by atoms with Crippen molar-refractivity contribution < 1.29 is 28.2 Å². The van der Waals surface area contributed by atoms with Gasteiger partial charge in [-0.05, 0) is 49.4 Å². The molecule has 228 valence electrons. The summed E-state index contributed by atoms with van der Waals surface area (Å²) in [4.78, 5) is 33.3. The van der Waals surface area contributed by atoms with Crippen LogP contribution in [0.25, 0.3) is 16.9 Å². The molecule has 0 aliphatic heterocycles. The smallest absolute Gasteiger partial charge is 0.251 e. The quantitative estimate of drug-likeness (QED) is 0.0943. The number of rotatable bonds is 14. The van der Waals surface area contributed by atoms with Gasteiger partial charge in [0.15, 0.2) is 23.0 Å². The minimum atomic E-state index is -1.10. The Bertz CT molecular complexity index is 1600. The van der Waals surface area contributed by atoms with E-state index in [1.54, 1.807) is 29.8 Å². The van der Waals surface area contributed by atoms with Crippen LogP contribution < -0.4 is 31.7 Å². The molecular weight excluding hydrogens is 562 g/mol. The lowest BCUT2D eigenvalue weighted by molar-refractivity contribution is -0.122. The summed E-state index contributed by atoms with van der Waals surface area (Å²) in [6.07, 6.45) is 4.10. The standard InChI is InChI=1S/C29H34F2N8O4/c1-3-17-12-18(4-5-20(17)29(42)36-9-8-34-24(41)13-19(40)14-32)38-27-28-37-15-22(39(28)11-10-35-27)21-6-7-23(43-16-33-2)26(31)25(21)30/h4-7,10-12,15,19,33,40H,3,8-9,13-14,16,32H2,1-2H3,(H,34,41)(H,35,38)(H,36,42). The highest BCUT2D eigenvalue weighted by Gasteiger charge is 2.20. The van der Waals surface area contributed by atoms with E-state index in [4.69, 9.17) is 10.5 Å². The Labute approximate surface area is 246 Å². The molecular formula is C29H34F2N8O4. The molecule has 43 heavy (non-hydrogen) atoms. The molecule has 0 aliphatic carbocycles. The summed E-state index contributed by atoms with van der Waals surface area (Å²) in [7, 11) is 1.63. The van der Waals surface area contributed by atoms with E-state index in [0.29, 0.717) is 34.8 Å². The number of nitrogens with one attached hydrogen (secondary N) is 4. The lowest BCUT2D eigenvalue weighted by atomic mass is 10.0. The third kappa shape index (κ3) is 7.41. The lowest BCUT2D eigenvalue weighted by Crippen LogP contribution is -2.37. The van der Waals surface area contributed by atoms with Crippen molar-refractivity contribution in [3.05, 3.63) is 71.7 Å². The number of aliphatic hydroxyl groups is 1. The van der Waals surface area contributed by atoms with Crippen LogP contribution in [0.15, 0.2) is 48.9 Å². The van der Waals surface area contributed by atoms with Crippen LogP contribution >= 0.6 is 0 Å². The first-order valence-electron chi connectivity index (χ1n) is 13.7. The molecule has 4 aromatic rings. The first kappa shape index (κ1) is 31.3. The lowest BCUT2D eigenvalue weighted by Gasteiger charge is -2.13. The number of hydrogen-bond acceptors (Lipinski definition) is 9. The molecule has 0 aliphatic rings. The molecule has 2 aromatic carbocycles. The van der Waals surface area contributed by atoms with Gasteiger partial charge in [-0.15, -0.1) is 0 Å². The van der Waals surface area contributed by atoms with Gasteiger partial charge < -0.3 is 31.5 Å². The number of carbonyl (C=O) groups excluding carboxylic acids is 2. The Morgan fingerprint density at radius 1 is 1.12 bits per heavy atom. The van der Waals surface area contributed by atoms with Gasteiger partial charge in [0.1, 0.15) is 6.73 Å². The minimum Gasteiger partial charge on any atom is -0.475 e. The second kappa shape index (κ2) is 14.5. The van der Waals surface area contributed by atoms with E-state index in [9.17, 15) is 23.5 Å². The molecule has 0 bridgehead atoms. The van der Waals surface area contributed by atoms with Crippen LogP contribution in [-0.4, -0.2) is 70.8 Å². The highest BCUT2D eigenvalue weighted by molar-refractivity contribution is 5.96. The number of aromatic nitrogens is 3. The predicted molar refractivity (Wildman–Crippen MR) is 157 cm³/mol. The maximum absolute atomic E-state index is 15.0. The number of imidazole rings is 1.